The molecule has 0 aliphatic carbocycles. The molecule has 0 unspecified atom stereocenters. The number of anilines is 1. The molecular weight excluding hydrogens is 288 g/mol. The van der Waals surface area contributed by atoms with Gasteiger partial charge in [-0.1, -0.05) is 17.7 Å². The molecule has 0 saturated carbocycles. The van der Waals surface area contributed by atoms with Gasteiger partial charge in [-0.15, -0.1) is 0 Å². The molecule has 21 heavy (non-hydrogen) atoms. The highest BCUT2D eigenvalue weighted by Crippen LogP contribution is 2.33. The maximum absolute atomic E-state index is 11.6. The highest BCUT2D eigenvalue weighted by Gasteiger charge is 2.17. The molecule has 0 aliphatic heterocycles. The zero-order chi connectivity index (χ0) is 15.8. The van der Waals surface area contributed by atoms with Gasteiger partial charge in [-0.2, -0.15) is 0 Å². The van der Waals surface area contributed by atoms with Crippen LogP contribution in [0.1, 0.15) is 16.7 Å². The molecule has 0 aliphatic rings. The Morgan fingerprint density at radius 1 is 1.00 bits per heavy atom. The first kappa shape index (κ1) is 15.3. The Hall–Kier alpha value is -2.05. The third-order valence-electron chi connectivity index (χ3n) is 3.19. The summed E-state index contributed by atoms with van der Waals surface area (Å²) in [5.41, 5.74) is 8.53. The van der Waals surface area contributed by atoms with E-state index < -0.39 is 10.0 Å². The van der Waals surface area contributed by atoms with Crippen molar-refractivity contribution in [2.45, 2.75) is 25.7 Å². The second-order valence-electron chi connectivity index (χ2n) is 5.06. The number of ether oxygens (including phenoxy) is 1. The summed E-state index contributed by atoms with van der Waals surface area (Å²) < 4.78 is 29.0. The molecule has 4 N–H and O–H groups in total. The first-order valence-corrected chi connectivity index (χ1v) is 7.91. The first-order valence-electron chi connectivity index (χ1n) is 6.36. The summed E-state index contributed by atoms with van der Waals surface area (Å²) in [6.45, 7) is 5.55. The van der Waals surface area contributed by atoms with Gasteiger partial charge in [0, 0.05) is 17.3 Å². The molecular formula is C15H18N2O3S. The van der Waals surface area contributed by atoms with E-state index in [0.717, 1.165) is 11.1 Å². The molecule has 5 nitrogen and oxygen atoms in total. The number of aryl methyl sites for hydroxylation is 2. The maximum atomic E-state index is 11.6. The number of nitrogen functional groups attached to an aromatic ring is 1. The van der Waals surface area contributed by atoms with Crippen molar-refractivity contribution < 1.29 is 13.2 Å². The van der Waals surface area contributed by atoms with Gasteiger partial charge in [0.25, 0.3) is 0 Å². The van der Waals surface area contributed by atoms with Crippen LogP contribution in [0.5, 0.6) is 11.5 Å². The number of hydrogen-bond acceptors (Lipinski definition) is 4. The SMILES string of the molecule is Cc1ccc(Oc2cc(N)cc(S(N)(=O)=O)c2C)c(C)c1. The van der Waals surface area contributed by atoms with Crippen molar-refractivity contribution in [3.05, 3.63) is 47.0 Å². The number of rotatable bonds is 3. The third kappa shape index (κ3) is 3.34. The molecule has 0 bridgehead atoms. The summed E-state index contributed by atoms with van der Waals surface area (Å²) in [5.74, 6) is 1.03. The van der Waals surface area contributed by atoms with Crippen LogP contribution in [-0.2, 0) is 10.0 Å². The van der Waals surface area contributed by atoms with Crippen LogP contribution in [0.3, 0.4) is 0 Å². The Labute approximate surface area is 124 Å². The molecule has 0 spiro atoms. The quantitative estimate of drug-likeness (QED) is 0.852. The Morgan fingerprint density at radius 3 is 2.24 bits per heavy atom. The van der Waals surface area contributed by atoms with E-state index in [1.807, 2.05) is 32.0 Å². The normalized spacial score (nSPS) is 11.4. The van der Waals surface area contributed by atoms with E-state index in [4.69, 9.17) is 15.6 Å². The fourth-order valence-corrected chi connectivity index (χ4v) is 2.94. The Balaban J connectivity index is 2.52. The minimum Gasteiger partial charge on any atom is -0.457 e. The van der Waals surface area contributed by atoms with Crippen LogP contribution in [0.15, 0.2) is 35.2 Å². The highest BCUT2D eigenvalue weighted by molar-refractivity contribution is 7.89. The predicted octanol–water partition coefficient (Wildman–Crippen LogP) is 2.63. The van der Waals surface area contributed by atoms with E-state index in [2.05, 4.69) is 0 Å². The number of hydrogen-bond donors (Lipinski definition) is 2. The van der Waals surface area contributed by atoms with Crippen molar-refractivity contribution in [3.8, 4) is 11.5 Å². The first-order chi connectivity index (χ1) is 9.68. The summed E-state index contributed by atoms with van der Waals surface area (Å²) in [7, 11) is -3.85. The number of sulfonamides is 1. The minimum atomic E-state index is -3.85. The zero-order valence-corrected chi connectivity index (χ0v) is 13.0. The molecule has 2 aromatic carbocycles. The second-order valence-corrected chi connectivity index (χ2v) is 6.59. The smallest absolute Gasteiger partial charge is 0.238 e. The van der Waals surface area contributed by atoms with Crippen LogP contribution < -0.4 is 15.6 Å². The minimum absolute atomic E-state index is 0.0257. The summed E-state index contributed by atoms with van der Waals surface area (Å²) >= 11 is 0. The van der Waals surface area contributed by atoms with E-state index in [0.29, 0.717) is 17.1 Å². The Morgan fingerprint density at radius 2 is 1.67 bits per heavy atom. The van der Waals surface area contributed by atoms with Crippen LogP contribution in [0.4, 0.5) is 5.69 Å². The Bertz CT molecular complexity index is 799. The zero-order valence-electron chi connectivity index (χ0n) is 12.2. The molecule has 0 aromatic heterocycles. The van der Waals surface area contributed by atoms with Crippen molar-refractivity contribution in [3.63, 3.8) is 0 Å². The summed E-state index contributed by atoms with van der Waals surface area (Å²) in [6.07, 6.45) is 0. The molecule has 0 radical (unpaired) electrons. The molecule has 2 aromatic rings. The van der Waals surface area contributed by atoms with Gasteiger partial charge in [0.05, 0.1) is 4.90 Å². The molecule has 2 rings (SSSR count). The van der Waals surface area contributed by atoms with Crippen molar-refractivity contribution in [1.82, 2.24) is 0 Å². The topological polar surface area (TPSA) is 95.4 Å². The van der Waals surface area contributed by atoms with Gasteiger partial charge in [-0.05, 0) is 38.5 Å². The van der Waals surface area contributed by atoms with E-state index in [1.54, 1.807) is 13.0 Å². The molecule has 0 amide bonds. The lowest BCUT2D eigenvalue weighted by atomic mass is 10.1. The average molecular weight is 306 g/mol. The largest absolute Gasteiger partial charge is 0.457 e. The summed E-state index contributed by atoms with van der Waals surface area (Å²) in [5, 5.41) is 5.20. The van der Waals surface area contributed by atoms with Gasteiger partial charge in [0.1, 0.15) is 11.5 Å². The molecule has 0 heterocycles. The van der Waals surface area contributed by atoms with Gasteiger partial charge >= 0.3 is 0 Å². The van der Waals surface area contributed by atoms with Crippen LogP contribution in [0.25, 0.3) is 0 Å². The van der Waals surface area contributed by atoms with Crippen molar-refractivity contribution in [1.29, 1.82) is 0 Å². The third-order valence-corrected chi connectivity index (χ3v) is 4.23. The summed E-state index contributed by atoms with van der Waals surface area (Å²) in [6, 6.07) is 8.66. The van der Waals surface area contributed by atoms with Crippen LogP contribution in [0.2, 0.25) is 0 Å². The fraction of sp³-hybridized carbons (Fsp3) is 0.200. The fourth-order valence-electron chi connectivity index (χ4n) is 2.12. The van der Waals surface area contributed by atoms with Crippen LogP contribution in [-0.4, -0.2) is 8.42 Å². The van der Waals surface area contributed by atoms with Crippen molar-refractivity contribution in [2.75, 3.05) is 5.73 Å². The molecule has 6 heteroatoms. The van der Waals surface area contributed by atoms with Gasteiger partial charge in [0.15, 0.2) is 0 Å². The van der Waals surface area contributed by atoms with Gasteiger partial charge in [-0.25, -0.2) is 13.6 Å². The predicted molar refractivity (Wildman–Crippen MR) is 83.0 cm³/mol. The van der Waals surface area contributed by atoms with Gasteiger partial charge < -0.3 is 10.5 Å². The number of nitrogens with two attached hydrogens (primary N) is 2. The summed E-state index contributed by atoms with van der Waals surface area (Å²) in [4.78, 5) is -0.0257. The van der Waals surface area contributed by atoms with E-state index in [9.17, 15) is 8.42 Å². The van der Waals surface area contributed by atoms with E-state index in [-0.39, 0.29) is 10.6 Å². The lowest BCUT2D eigenvalue weighted by Gasteiger charge is -2.14. The molecule has 112 valence electrons. The molecule has 0 fully saturated rings. The van der Waals surface area contributed by atoms with Crippen molar-refractivity contribution >= 4 is 15.7 Å². The molecule has 0 atom stereocenters. The number of benzene rings is 2. The van der Waals surface area contributed by atoms with E-state index in [1.165, 1.54) is 6.07 Å². The average Bonchev–Trinajstić information content (AvgIpc) is 2.35. The standard InChI is InChI=1S/C15H18N2O3S/c1-9-4-5-13(10(2)6-9)20-14-7-12(16)8-15(11(14)3)21(17,18)19/h4-8H,16H2,1-3H3,(H2,17,18,19). The van der Waals surface area contributed by atoms with E-state index >= 15 is 0 Å². The number of primary sulfonamides is 1. The Kier molecular flexibility index (Phi) is 3.93. The van der Waals surface area contributed by atoms with Gasteiger partial charge in [-0.3, -0.25) is 0 Å². The van der Waals surface area contributed by atoms with Crippen LogP contribution in [0, 0.1) is 20.8 Å². The maximum Gasteiger partial charge on any atom is 0.238 e. The van der Waals surface area contributed by atoms with Crippen molar-refractivity contribution in [2.24, 2.45) is 5.14 Å². The highest BCUT2D eigenvalue weighted by atomic mass is 32.2. The lowest BCUT2D eigenvalue weighted by Crippen LogP contribution is -2.14. The lowest BCUT2D eigenvalue weighted by molar-refractivity contribution is 0.473. The van der Waals surface area contributed by atoms with Gasteiger partial charge in [0.2, 0.25) is 10.0 Å². The van der Waals surface area contributed by atoms with Crippen LogP contribution >= 0.6 is 0 Å². The second kappa shape index (κ2) is 5.38. The molecule has 0 saturated heterocycles. The monoisotopic (exact) mass is 306 g/mol.